The smallest absolute Gasteiger partial charge is 0.223 e. The first-order valence-corrected chi connectivity index (χ1v) is 9.88. The molecule has 0 saturated carbocycles. The van der Waals surface area contributed by atoms with Crippen LogP contribution in [0.4, 0.5) is 5.95 Å². The summed E-state index contributed by atoms with van der Waals surface area (Å²) in [5.74, 6) is 0.879. The number of phenolic OH excluding ortho intramolecular Hbond substituents is 1. The van der Waals surface area contributed by atoms with Gasteiger partial charge in [-0.25, -0.2) is 9.97 Å². The van der Waals surface area contributed by atoms with E-state index in [2.05, 4.69) is 49.1 Å². The zero-order chi connectivity index (χ0) is 20.6. The molecule has 1 atom stereocenters. The third kappa shape index (κ3) is 5.42. The van der Waals surface area contributed by atoms with Gasteiger partial charge in [0, 0.05) is 43.5 Å². The molecule has 152 valence electrons. The van der Waals surface area contributed by atoms with Gasteiger partial charge in [0.15, 0.2) is 0 Å². The van der Waals surface area contributed by atoms with E-state index in [0.29, 0.717) is 19.0 Å². The lowest BCUT2D eigenvalue weighted by atomic mass is 10.1. The first-order valence-electron chi connectivity index (χ1n) is 9.88. The third-order valence-corrected chi connectivity index (χ3v) is 4.71. The van der Waals surface area contributed by atoms with Crippen molar-refractivity contribution in [2.75, 3.05) is 11.9 Å². The molecular formula is C23H24N6O. The Balaban J connectivity index is 1.36. The van der Waals surface area contributed by atoms with E-state index in [1.165, 1.54) is 0 Å². The minimum absolute atomic E-state index is 0.0297. The van der Waals surface area contributed by atoms with E-state index in [1.807, 2.05) is 36.7 Å². The van der Waals surface area contributed by atoms with Crippen LogP contribution in [-0.4, -0.2) is 34.0 Å². The Kier molecular flexibility index (Phi) is 6.31. The number of rotatable bonds is 8. The summed E-state index contributed by atoms with van der Waals surface area (Å²) in [7, 11) is 0. The molecule has 2 heterocycles. The highest BCUT2D eigenvalue weighted by Gasteiger charge is 2.07. The molecule has 0 saturated heterocycles. The number of nitrogens with zero attached hydrogens (tertiary/aromatic N) is 3. The van der Waals surface area contributed by atoms with E-state index < -0.39 is 0 Å². The van der Waals surface area contributed by atoms with Crippen molar-refractivity contribution in [1.82, 2.24) is 20.6 Å². The molecule has 2 aromatic carbocycles. The maximum Gasteiger partial charge on any atom is 0.223 e. The standard InChI is InChI=1S/C23H24N6O/c30-20-6-4-17(5-7-20)8-10-26-23-27-11-9-21(29-23)19-3-1-2-18(14-19)15-28-22-16-24-12-13-25-22/h1-7,9,11-14,16,22,25,28,30H,8,10,15H2,(H,26,27,29). The van der Waals surface area contributed by atoms with Crippen LogP contribution in [0.1, 0.15) is 11.1 Å². The molecule has 1 aliphatic heterocycles. The van der Waals surface area contributed by atoms with Crippen LogP contribution in [0.15, 0.2) is 78.2 Å². The maximum atomic E-state index is 9.37. The molecule has 30 heavy (non-hydrogen) atoms. The summed E-state index contributed by atoms with van der Waals surface area (Å²) in [4.78, 5) is 13.1. The number of aliphatic imine (C=N–C) groups is 1. The molecule has 0 spiro atoms. The predicted octanol–water partition coefficient (Wildman–Crippen LogP) is 3.06. The second-order valence-corrected chi connectivity index (χ2v) is 6.95. The SMILES string of the molecule is Oc1ccc(CCNc2nccc(-c3cccc(CNC4C=NC=CN4)c3)n2)cc1. The Morgan fingerprint density at radius 1 is 1.03 bits per heavy atom. The van der Waals surface area contributed by atoms with Gasteiger partial charge in [-0.05, 0) is 41.8 Å². The number of phenols is 1. The lowest BCUT2D eigenvalue weighted by Gasteiger charge is -2.16. The van der Waals surface area contributed by atoms with Crippen LogP contribution in [0.5, 0.6) is 5.75 Å². The lowest BCUT2D eigenvalue weighted by molar-refractivity contribution is 0.475. The molecule has 1 unspecified atom stereocenters. The van der Waals surface area contributed by atoms with E-state index in [1.54, 1.807) is 24.5 Å². The fraction of sp³-hybridized carbons (Fsp3) is 0.174. The van der Waals surface area contributed by atoms with Crippen LogP contribution in [0.3, 0.4) is 0 Å². The van der Waals surface area contributed by atoms with Crippen molar-refractivity contribution < 1.29 is 5.11 Å². The van der Waals surface area contributed by atoms with Gasteiger partial charge in [-0.1, -0.05) is 30.3 Å². The Hall–Kier alpha value is -3.71. The molecule has 1 aliphatic rings. The molecule has 7 nitrogen and oxygen atoms in total. The van der Waals surface area contributed by atoms with Gasteiger partial charge in [0.25, 0.3) is 0 Å². The Morgan fingerprint density at radius 3 is 2.77 bits per heavy atom. The summed E-state index contributed by atoms with van der Waals surface area (Å²) in [6.07, 6.45) is 8.01. The van der Waals surface area contributed by atoms with Crippen LogP contribution in [0, 0.1) is 0 Å². The zero-order valence-corrected chi connectivity index (χ0v) is 16.5. The quantitative estimate of drug-likeness (QED) is 0.464. The summed E-state index contributed by atoms with van der Waals surface area (Å²) in [6.45, 7) is 1.43. The normalized spacial score (nSPS) is 15.0. The number of hydrogen-bond acceptors (Lipinski definition) is 7. The van der Waals surface area contributed by atoms with E-state index in [9.17, 15) is 5.11 Å². The number of aromatic hydroxyl groups is 1. The fourth-order valence-electron chi connectivity index (χ4n) is 3.13. The Morgan fingerprint density at radius 2 is 1.93 bits per heavy atom. The van der Waals surface area contributed by atoms with Crippen LogP contribution in [0.2, 0.25) is 0 Å². The van der Waals surface area contributed by atoms with Crippen molar-refractivity contribution in [3.63, 3.8) is 0 Å². The molecule has 0 amide bonds. The first-order chi connectivity index (χ1) is 14.8. The fourth-order valence-corrected chi connectivity index (χ4v) is 3.13. The monoisotopic (exact) mass is 400 g/mol. The average molecular weight is 400 g/mol. The minimum Gasteiger partial charge on any atom is -0.508 e. The van der Waals surface area contributed by atoms with Crippen LogP contribution < -0.4 is 16.0 Å². The molecule has 0 aliphatic carbocycles. The lowest BCUT2D eigenvalue weighted by Crippen LogP contribution is -2.41. The molecule has 4 N–H and O–H groups in total. The van der Waals surface area contributed by atoms with Gasteiger partial charge >= 0.3 is 0 Å². The van der Waals surface area contributed by atoms with E-state index in [0.717, 1.165) is 28.8 Å². The predicted molar refractivity (Wildman–Crippen MR) is 119 cm³/mol. The van der Waals surface area contributed by atoms with Gasteiger partial charge in [-0.3, -0.25) is 10.3 Å². The number of aromatic nitrogens is 2. The molecule has 3 aromatic rings. The van der Waals surface area contributed by atoms with Gasteiger partial charge in [0.05, 0.1) is 5.69 Å². The third-order valence-electron chi connectivity index (χ3n) is 4.71. The van der Waals surface area contributed by atoms with Gasteiger partial charge in [0.2, 0.25) is 5.95 Å². The first kappa shape index (κ1) is 19.6. The summed E-state index contributed by atoms with van der Waals surface area (Å²) >= 11 is 0. The molecule has 1 aromatic heterocycles. The minimum atomic E-state index is 0.0297. The Bertz CT molecular complexity index is 1030. The summed E-state index contributed by atoms with van der Waals surface area (Å²) in [5, 5.41) is 19.2. The molecule has 0 fully saturated rings. The van der Waals surface area contributed by atoms with Gasteiger partial charge in [-0.2, -0.15) is 0 Å². The molecule has 7 heteroatoms. The largest absolute Gasteiger partial charge is 0.508 e. The number of nitrogens with one attached hydrogen (secondary N) is 3. The number of benzene rings is 2. The van der Waals surface area contributed by atoms with Gasteiger partial charge in [-0.15, -0.1) is 0 Å². The van der Waals surface area contributed by atoms with Crippen LogP contribution >= 0.6 is 0 Å². The van der Waals surface area contributed by atoms with E-state index in [-0.39, 0.29) is 11.9 Å². The molecule has 0 radical (unpaired) electrons. The summed E-state index contributed by atoms with van der Waals surface area (Å²) < 4.78 is 0. The number of anilines is 1. The van der Waals surface area contributed by atoms with Crippen molar-refractivity contribution in [1.29, 1.82) is 0 Å². The van der Waals surface area contributed by atoms with Crippen molar-refractivity contribution in [2.24, 2.45) is 4.99 Å². The highest BCUT2D eigenvalue weighted by molar-refractivity contribution is 5.66. The van der Waals surface area contributed by atoms with Crippen molar-refractivity contribution in [3.05, 3.63) is 84.3 Å². The molecule has 4 rings (SSSR count). The highest BCUT2D eigenvalue weighted by Crippen LogP contribution is 2.19. The Labute approximate surface area is 175 Å². The van der Waals surface area contributed by atoms with Gasteiger partial charge in [0.1, 0.15) is 11.9 Å². The topological polar surface area (TPSA) is 94.5 Å². The molecule has 0 bridgehead atoms. The summed E-state index contributed by atoms with van der Waals surface area (Å²) in [5.41, 5.74) is 4.23. The van der Waals surface area contributed by atoms with Crippen molar-refractivity contribution in [3.8, 4) is 17.0 Å². The summed E-state index contributed by atoms with van der Waals surface area (Å²) in [6, 6.07) is 17.4. The second kappa shape index (κ2) is 9.67. The second-order valence-electron chi connectivity index (χ2n) is 6.95. The number of hydrogen-bond donors (Lipinski definition) is 4. The van der Waals surface area contributed by atoms with E-state index in [4.69, 9.17) is 0 Å². The zero-order valence-electron chi connectivity index (χ0n) is 16.5. The average Bonchev–Trinajstić information content (AvgIpc) is 2.80. The van der Waals surface area contributed by atoms with Gasteiger partial charge < -0.3 is 15.7 Å². The highest BCUT2D eigenvalue weighted by atomic mass is 16.3. The van der Waals surface area contributed by atoms with Crippen molar-refractivity contribution in [2.45, 2.75) is 19.1 Å². The van der Waals surface area contributed by atoms with Crippen molar-refractivity contribution >= 4 is 12.2 Å². The van der Waals surface area contributed by atoms with Crippen LogP contribution in [0.25, 0.3) is 11.3 Å². The maximum absolute atomic E-state index is 9.37. The van der Waals surface area contributed by atoms with Crippen LogP contribution in [-0.2, 0) is 13.0 Å². The molecular weight excluding hydrogens is 376 g/mol. The van der Waals surface area contributed by atoms with E-state index >= 15 is 0 Å².